The first-order chi connectivity index (χ1) is 11.5. The number of hydrogen-bond donors (Lipinski definition) is 2. The summed E-state index contributed by atoms with van der Waals surface area (Å²) in [7, 11) is 0. The second-order valence-corrected chi connectivity index (χ2v) is 6.95. The first kappa shape index (κ1) is 16.4. The van der Waals surface area contributed by atoms with Crippen molar-refractivity contribution in [2.45, 2.75) is 43.4 Å². The van der Waals surface area contributed by atoms with Crippen LogP contribution in [0.5, 0.6) is 0 Å². The minimum Gasteiger partial charge on any atom is -0.383 e. The second kappa shape index (κ2) is 6.56. The summed E-state index contributed by atoms with van der Waals surface area (Å²) < 4.78 is 0. The van der Waals surface area contributed by atoms with E-state index in [1.807, 2.05) is 6.92 Å². The fourth-order valence-corrected chi connectivity index (χ4v) is 3.52. The molecule has 8 heteroatoms. The normalized spacial score (nSPS) is 11.2. The highest BCUT2D eigenvalue weighted by Gasteiger charge is 2.16. The molecule has 3 N–H and O–H groups in total. The van der Waals surface area contributed by atoms with Crippen LogP contribution in [0.1, 0.15) is 36.7 Å². The lowest BCUT2D eigenvalue weighted by atomic mass is 9.97. The third-order valence-electron chi connectivity index (χ3n) is 3.69. The van der Waals surface area contributed by atoms with Crippen LogP contribution in [0.25, 0.3) is 11.4 Å². The van der Waals surface area contributed by atoms with Gasteiger partial charge in [0.05, 0.1) is 4.90 Å². The molecule has 24 heavy (non-hydrogen) atoms. The molecule has 0 radical (unpaired) electrons. The summed E-state index contributed by atoms with van der Waals surface area (Å²) in [4.78, 5) is 10.4. The smallest absolute Gasteiger partial charge is 0.204 e. The molecule has 3 rings (SSSR count). The maximum absolute atomic E-state index is 6.05. The highest BCUT2D eigenvalue weighted by Crippen LogP contribution is 2.39. The number of nitrogens with zero attached hydrogens (tertiary/aromatic N) is 5. The fourth-order valence-electron chi connectivity index (χ4n) is 2.44. The van der Waals surface area contributed by atoms with Crippen LogP contribution in [0.3, 0.4) is 0 Å². The van der Waals surface area contributed by atoms with Crippen molar-refractivity contribution < 1.29 is 0 Å². The summed E-state index contributed by atoms with van der Waals surface area (Å²) in [5, 5.41) is 14.3. The quantitative estimate of drug-likeness (QED) is 0.750. The van der Waals surface area contributed by atoms with E-state index in [9.17, 15) is 0 Å². The average molecular weight is 341 g/mol. The van der Waals surface area contributed by atoms with Gasteiger partial charge in [0, 0.05) is 16.7 Å². The molecule has 0 atom stereocenters. The molecule has 124 valence electrons. The summed E-state index contributed by atoms with van der Waals surface area (Å²) in [6.07, 6.45) is 1.76. The van der Waals surface area contributed by atoms with E-state index in [0.717, 1.165) is 20.9 Å². The van der Waals surface area contributed by atoms with Gasteiger partial charge in [-0.3, -0.25) is 0 Å². The number of nitrogens with one attached hydrogen (secondary N) is 1. The highest BCUT2D eigenvalue weighted by molar-refractivity contribution is 7.99. The minimum absolute atomic E-state index is 0.373. The molecule has 0 unspecified atom stereocenters. The summed E-state index contributed by atoms with van der Waals surface area (Å²) in [6.45, 7) is 8.21. The number of hydrogen-bond acceptors (Lipinski definition) is 7. The largest absolute Gasteiger partial charge is 0.383 e. The topological polar surface area (TPSA) is 106 Å². The number of tetrazole rings is 1. The molecule has 0 aliphatic carbocycles. The molecule has 0 saturated heterocycles. The van der Waals surface area contributed by atoms with E-state index < -0.39 is 0 Å². The number of aryl methyl sites for hydroxylation is 2. The molecular weight excluding hydrogens is 322 g/mol. The Hall–Kier alpha value is -2.48. The number of aromatic nitrogens is 6. The molecule has 2 aromatic heterocycles. The fraction of sp³-hybridized carbons (Fsp3) is 0.312. The van der Waals surface area contributed by atoms with E-state index in [2.05, 4.69) is 63.5 Å². The lowest BCUT2D eigenvalue weighted by Gasteiger charge is -2.16. The SMILES string of the molecule is Cc1ncc(Sc2cc(-c3nn[nH]n3)c(C)cc2C(C)C)c(N)n1. The Bertz CT molecular complexity index is 859. The average Bonchev–Trinajstić information content (AvgIpc) is 3.05. The maximum atomic E-state index is 6.05. The Labute approximate surface area is 144 Å². The third-order valence-corrected chi connectivity index (χ3v) is 4.80. The monoisotopic (exact) mass is 341 g/mol. The highest BCUT2D eigenvalue weighted by atomic mass is 32.2. The summed E-state index contributed by atoms with van der Waals surface area (Å²) >= 11 is 1.56. The maximum Gasteiger partial charge on any atom is 0.204 e. The van der Waals surface area contributed by atoms with Gasteiger partial charge in [0.25, 0.3) is 0 Å². The molecule has 0 aliphatic heterocycles. The van der Waals surface area contributed by atoms with Crippen molar-refractivity contribution >= 4 is 17.6 Å². The van der Waals surface area contributed by atoms with E-state index in [-0.39, 0.29) is 0 Å². The third kappa shape index (κ3) is 3.23. The van der Waals surface area contributed by atoms with Gasteiger partial charge in [-0.2, -0.15) is 5.21 Å². The van der Waals surface area contributed by atoms with Crippen molar-refractivity contribution in [1.29, 1.82) is 0 Å². The van der Waals surface area contributed by atoms with Crippen molar-refractivity contribution in [3.63, 3.8) is 0 Å². The lowest BCUT2D eigenvalue weighted by molar-refractivity contribution is 0.840. The number of nitrogen functional groups attached to an aromatic ring is 1. The van der Waals surface area contributed by atoms with Crippen LogP contribution in [-0.4, -0.2) is 30.6 Å². The first-order valence-electron chi connectivity index (χ1n) is 7.61. The van der Waals surface area contributed by atoms with Crippen LogP contribution in [-0.2, 0) is 0 Å². The standard InChI is InChI=1S/C16H19N7S/c1-8(2)11-5-9(3)12(16-20-22-23-21-16)6-13(11)24-14-7-18-10(4)19-15(14)17/h5-8H,1-4H3,(H2,17,18,19)(H,20,21,22,23). The molecule has 0 bridgehead atoms. The Morgan fingerprint density at radius 1 is 1.17 bits per heavy atom. The number of benzene rings is 1. The Morgan fingerprint density at radius 3 is 2.58 bits per heavy atom. The number of nitrogens with two attached hydrogens (primary N) is 1. The Balaban J connectivity index is 2.09. The van der Waals surface area contributed by atoms with Gasteiger partial charge in [0.2, 0.25) is 5.82 Å². The van der Waals surface area contributed by atoms with Crippen LogP contribution < -0.4 is 5.73 Å². The second-order valence-electron chi connectivity index (χ2n) is 5.86. The Morgan fingerprint density at radius 2 is 1.96 bits per heavy atom. The molecule has 0 fully saturated rings. The molecule has 3 aromatic rings. The van der Waals surface area contributed by atoms with Gasteiger partial charge in [0.1, 0.15) is 11.6 Å². The van der Waals surface area contributed by atoms with Gasteiger partial charge in [-0.25, -0.2) is 9.97 Å². The van der Waals surface area contributed by atoms with Gasteiger partial charge >= 0.3 is 0 Å². The predicted octanol–water partition coefficient (Wildman–Crippen LogP) is 3.13. The summed E-state index contributed by atoms with van der Waals surface area (Å²) in [5.41, 5.74) is 9.34. The first-order valence-corrected chi connectivity index (χ1v) is 8.42. The van der Waals surface area contributed by atoms with E-state index in [1.54, 1.807) is 18.0 Å². The molecule has 0 saturated carbocycles. The van der Waals surface area contributed by atoms with E-state index >= 15 is 0 Å². The zero-order valence-electron chi connectivity index (χ0n) is 14.0. The van der Waals surface area contributed by atoms with Crippen molar-refractivity contribution in [2.75, 3.05) is 5.73 Å². The van der Waals surface area contributed by atoms with Crippen molar-refractivity contribution in [1.82, 2.24) is 30.6 Å². The zero-order valence-corrected chi connectivity index (χ0v) is 14.8. The number of H-pyrrole nitrogens is 1. The zero-order chi connectivity index (χ0) is 17.3. The van der Waals surface area contributed by atoms with Gasteiger partial charge in [-0.15, -0.1) is 10.2 Å². The van der Waals surface area contributed by atoms with E-state index in [4.69, 9.17) is 5.73 Å². The van der Waals surface area contributed by atoms with Crippen LogP contribution in [0.2, 0.25) is 0 Å². The predicted molar refractivity (Wildman–Crippen MR) is 93.7 cm³/mol. The molecule has 2 heterocycles. The lowest BCUT2D eigenvalue weighted by Crippen LogP contribution is -1.99. The van der Waals surface area contributed by atoms with Gasteiger partial charge < -0.3 is 5.73 Å². The molecule has 0 amide bonds. The van der Waals surface area contributed by atoms with Crippen LogP contribution >= 0.6 is 11.8 Å². The summed E-state index contributed by atoms with van der Waals surface area (Å²) in [5.74, 6) is 2.11. The molecule has 7 nitrogen and oxygen atoms in total. The Kier molecular flexibility index (Phi) is 4.48. The van der Waals surface area contributed by atoms with Gasteiger partial charge in [-0.1, -0.05) is 31.7 Å². The number of aromatic amines is 1. The molecular formula is C16H19N7S. The van der Waals surface area contributed by atoms with Crippen LogP contribution in [0, 0.1) is 13.8 Å². The van der Waals surface area contributed by atoms with Crippen molar-refractivity contribution in [3.8, 4) is 11.4 Å². The summed E-state index contributed by atoms with van der Waals surface area (Å²) in [6, 6.07) is 4.25. The van der Waals surface area contributed by atoms with Crippen molar-refractivity contribution in [3.05, 3.63) is 35.3 Å². The van der Waals surface area contributed by atoms with Gasteiger partial charge in [-0.05, 0) is 42.2 Å². The number of anilines is 1. The number of rotatable bonds is 4. The molecule has 1 aromatic carbocycles. The van der Waals surface area contributed by atoms with E-state index in [1.165, 1.54) is 5.56 Å². The minimum atomic E-state index is 0.373. The van der Waals surface area contributed by atoms with Gasteiger partial charge in [0.15, 0.2) is 0 Å². The van der Waals surface area contributed by atoms with E-state index in [0.29, 0.717) is 23.4 Å². The van der Waals surface area contributed by atoms with Crippen molar-refractivity contribution in [2.24, 2.45) is 0 Å². The molecule has 0 aliphatic rings. The van der Waals surface area contributed by atoms with Crippen LogP contribution in [0.4, 0.5) is 5.82 Å². The van der Waals surface area contributed by atoms with Crippen LogP contribution in [0.15, 0.2) is 28.1 Å². The molecule has 0 spiro atoms.